The number of hydrogen-bond donors (Lipinski definition) is 0. The molecule has 0 spiro atoms. The molecule has 3 heterocycles. The number of rotatable bonds is 8. The molecule has 0 saturated carbocycles. The van der Waals surface area contributed by atoms with E-state index in [2.05, 4.69) is 252 Å². The van der Waals surface area contributed by atoms with E-state index >= 15 is 0 Å². The first-order chi connectivity index (χ1) is 33.2. The second kappa shape index (κ2) is 16.1. The maximum Gasteiger partial charge on any atom is 0.148 e. The molecule has 0 aliphatic heterocycles. The first-order valence-corrected chi connectivity index (χ1v) is 23.5. The van der Waals surface area contributed by atoms with Crippen LogP contribution in [0.15, 0.2) is 243 Å². The third-order valence-electron chi connectivity index (χ3n) is 13.0. The predicted molar refractivity (Wildman–Crippen MR) is 281 cm³/mol. The van der Waals surface area contributed by atoms with Crippen LogP contribution in [0.25, 0.3) is 121 Å². The third kappa shape index (κ3) is 6.84. The Morgan fingerprint density at radius 1 is 0.239 bits per heavy atom. The van der Waals surface area contributed by atoms with Crippen LogP contribution in [0, 0.1) is 0 Å². The Balaban J connectivity index is 0.946. The summed E-state index contributed by atoms with van der Waals surface area (Å²) >= 11 is 1.63. The number of para-hydroxylation sites is 2. The molecule has 10 aromatic carbocycles. The molecule has 0 unspecified atom stereocenters. The summed E-state index contributed by atoms with van der Waals surface area (Å²) in [6, 6.07) is 87.5. The Morgan fingerprint density at radius 2 is 0.552 bits per heavy atom. The lowest BCUT2D eigenvalue weighted by Crippen LogP contribution is -1.96. The minimum atomic E-state index is 0.875. The molecule has 0 amide bonds. The molecule has 0 bridgehead atoms. The fourth-order valence-electron chi connectivity index (χ4n) is 9.89. The van der Waals surface area contributed by atoms with Crippen molar-refractivity contribution >= 4 is 54.9 Å². The SMILES string of the molecule is c1ccc(-c2cc(-c3ccccc3)cc(-n3c4ccccc4c4ccc(-c5nnc(-c6ccc7c8ccccc8n(-c8cc(-c9ccccc9)cc(-c9ccccc9)c8)c7c6)s5)cc43)c2)cc1. The van der Waals surface area contributed by atoms with Crippen LogP contribution < -0.4 is 0 Å². The van der Waals surface area contributed by atoms with Crippen LogP contribution in [0.2, 0.25) is 0 Å². The first-order valence-electron chi connectivity index (χ1n) is 22.6. The van der Waals surface area contributed by atoms with E-state index in [1.54, 1.807) is 11.3 Å². The van der Waals surface area contributed by atoms with Crippen LogP contribution in [-0.2, 0) is 0 Å². The molecule has 0 radical (unpaired) electrons. The molecule has 314 valence electrons. The van der Waals surface area contributed by atoms with Crippen molar-refractivity contribution in [3.05, 3.63) is 243 Å². The van der Waals surface area contributed by atoms with Gasteiger partial charge in [0.2, 0.25) is 0 Å². The molecule has 0 atom stereocenters. The predicted octanol–water partition coefficient (Wildman–Crippen LogP) is 16.7. The lowest BCUT2D eigenvalue weighted by Gasteiger charge is -2.14. The number of fused-ring (bicyclic) bond motifs is 6. The van der Waals surface area contributed by atoms with Gasteiger partial charge in [0.1, 0.15) is 10.0 Å². The molecule has 0 fully saturated rings. The summed E-state index contributed by atoms with van der Waals surface area (Å²) in [5, 5.41) is 16.3. The Hall–Kier alpha value is -8.64. The van der Waals surface area contributed by atoms with E-state index in [0.29, 0.717) is 0 Å². The van der Waals surface area contributed by atoms with Gasteiger partial charge >= 0.3 is 0 Å². The summed E-state index contributed by atoms with van der Waals surface area (Å²) in [7, 11) is 0. The second-order valence-corrected chi connectivity index (χ2v) is 18.1. The fraction of sp³-hybridized carbons (Fsp3) is 0. The summed E-state index contributed by atoms with van der Waals surface area (Å²) in [4.78, 5) is 0. The van der Waals surface area contributed by atoms with Crippen LogP contribution in [0.4, 0.5) is 0 Å². The largest absolute Gasteiger partial charge is 0.309 e. The van der Waals surface area contributed by atoms with Crippen LogP contribution in [0.1, 0.15) is 0 Å². The molecule has 0 N–H and O–H groups in total. The highest BCUT2D eigenvalue weighted by atomic mass is 32.1. The zero-order valence-electron chi connectivity index (χ0n) is 36.3. The van der Waals surface area contributed by atoms with Gasteiger partial charge in [-0.05, 0) is 105 Å². The van der Waals surface area contributed by atoms with Gasteiger partial charge in [-0.3, -0.25) is 0 Å². The van der Waals surface area contributed by atoms with Crippen LogP contribution in [-0.4, -0.2) is 19.3 Å². The minimum Gasteiger partial charge on any atom is -0.309 e. The number of nitrogens with zero attached hydrogens (tertiary/aromatic N) is 4. The van der Waals surface area contributed by atoms with Crippen molar-refractivity contribution in [3.63, 3.8) is 0 Å². The summed E-state index contributed by atoms with van der Waals surface area (Å²) in [5.41, 5.74) is 18.2. The summed E-state index contributed by atoms with van der Waals surface area (Å²) < 4.78 is 4.83. The number of benzene rings is 10. The van der Waals surface area contributed by atoms with Crippen molar-refractivity contribution in [2.45, 2.75) is 0 Å². The van der Waals surface area contributed by atoms with Crippen LogP contribution >= 0.6 is 11.3 Å². The maximum absolute atomic E-state index is 4.88. The second-order valence-electron chi connectivity index (χ2n) is 17.1. The van der Waals surface area contributed by atoms with E-state index in [1.165, 1.54) is 66.1 Å². The minimum absolute atomic E-state index is 0.875. The van der Waals surface area contributed by atoms with Crippen molar-refractivity contribution in [1.82, 2.24) is 19.3 Å². The molecule has 67 heavy (non-hydrogen) atoms. The zero-order chi connectivity index (χ0) is 44.3. The molecule has 13 rings (SSSR count). The Kier molecular flexibility index (Phi) is 9.32. The number of hydrogen-bond acceptors (Lipinski definition) is 3. The standard InChI is InChI=1S/C62H40N4S/c1-5-17-41(18-6-1)47-33-48(42-19-7-2-8-20-42)36-51(35-47)65-57-27-15-13-25-53(57)55-31-29-45(39-59(55)65)61-63-64-62(67-61)46-30-32-56-54-26-14-16-28-58(54)66(60(56)40-46)52-37-49(43-21-9-3-10-22-43)34-50(38-52)44-23-11-4-12-24-44/h1-40H. The van der Waals surface area contributed by atoms with Gasteiger partial charge in [0.25, 0.3) is 0 Å². The highest BCUT2D eigenvalue weighted by Crippen LogP contribution is 2.41. The average Bonchev–Trinajstić information content (AvgIpc) is 4.12. The lowest BCUT2D eigenvalue weighted by atomic mass is 9.98. The molecule has 0 aliphatic rings. The number of aromatic nitrogens is 4. The van der Waals surface area contributed by atoms with E-state index in [4.69, 9.17) is 10.2 Å². The van der Waals surface area contributed by atoms with Crippen LogP contribution in [0.3, 0.4) is 0 Å². The van der Waals surface area contributed by atoms with Gasteiger partial charge in [-0.1, -0.05) is 193 Å². The zero-order valence-corrected chi connectivity index (χ0v) is 37.1. The van der Waals surface area contributed by atoms with Gasteiger partial charge in [0.05, 0.1) is 22.1 Å². The van der Waals surface area contributed by atoms with E-state index in [0.717, 1.165) is 54.6 Å². The highest BCUT2D eigenvalue weighted by Gasteiger charge is 2.20. The van der Waals surface area contributed by atoms with Crippen molar-refractivity contribution in [2.24, 2.45) is 0 Å². The van der Waals surface area contributed by atoms with Crippen molar-refractivity contribution in [2.75, 3.05) is 0 Å². The normalized spacial score (nSPS) is 11.6. The molecule has 3 aromatic heterocycles. The Morgan fingerprint density at radius 3 is 0.910 bits per heavy atom. The highest BCUT2D eigenvalue weighted by molar-refractivity contribution is 7.17. The molecule has 5 heteroatoms. The van der Waals surface area contributed by atoms with Crippen LogP contribution in [0.5, 0.6) is 0 Å². The van der Waals surface area contributed by atoms with Gasteiger partial charge in [-0.25, -0.2) is 0 Å². The topological polar surface area (TPSA) is 35.6 Å². The third-order valence-corrected chi connectivity index (χ3v) is 14.1. The van der Waals surface area contributed by atoms with Crippen molar-refractivity contribution in [3.8, 4) is 77.0 Å². The Bertz CT molecular complexity index is 3590. The molecule has 0 aliphatic carbocycles. The van der Waals surface area contributed by atoms with E-state index in [1.807, 2.05) is 0 Å². The van der Waals surface area contributed by atoms with E-state index in [9.17, 15) is 0 Å². The molecular formula is C62H40N4S. The molecule has 4 nitrogen and oxygen atoms in total. The first kappa shape index (κ1) is 38.8. The quantitative estimate of drug-likeness (QED) is 0.152. The summed E-state index contributed by atoms with van der Waals surface area (Å²) in [6.07, 6.45) is 0. The van der Waals surface area contributed by atoms with Gasteiger partial charge in [0, 0.05) is 44.0 Å². The lowest BCUT2D eigenvalue weighted by molar-refractivity contribution is 1.10. The fourth-order valence-corrected chi connectivity index (χ4v) is 10.7. The Labute approximate surface area is 392 Å². The average molecular weight is 873 g/mol. The molecule has 0 saturated heterocycles. The van der Waals surface area contributed by atoms with E-state index < -0.39 is 0 Å². The van der Waals surface area contributed by atoms with Gasteiger partial charge in [0.15, 0.2) is 0 Å². The van der Waals surface area contributed by atoms with Gasteiger partial charge in [-0.15, -0.1) is 10.2 Å². The maximum atomic E-state index is 4.88. The molecular weight excluding hydrogens is 833 g/mol. The van der Waals surface area contributed by atoms with Gasteiger partial charge in [-0.2, -0.15) is 0 Å². The van der Waals surface area contributed by atoms with Gasteiger partial charge < -0.3 is 9.13 Å². The van der Waals surface area contributed by atoms with E-state index in [-0.39, 0.29) is 0 Å². The summed E-state index contributed by atoms with van der Waals surface area (Å²) in [6.45, 7) is 0. The monoisotopic (exact) mass is 872 g/mol. The van der Waals surface area contributed by atoms with Crippen molar-refractivity contribution < 1.29 is 0 Å². The smallest absolute Gasteiger partial charge is 0.148 e. The van der Waals surface area contributed by atoms with Crippen molar-refractivity contribution in [1.29, 1.82) is 0 Å². The summed E-state index contributed by atoms with van der Waals surface area (Å²) in [5.74, 6) is 0. The molecule has 13 aromatic rings.